The van der Waals surface area contributed by atoms with Crippen molar-refractivity contribution in [1.82, 2.24) is 9.80 Å². The molecule has 216 valence electrons. The molecule has 0 aromatic heterocycles. The quantitative estimate of drug-likeness (QED) is 0.412. The van der Waals surface area contributed by atoms with Gasteiger partial charge in [-0.3, -0.25) is 9.69 Å². The fourth-order valence-corrected chi connectivity index (χ4v) is 8.60. The molecule has 5 nitrogen and oxygen atoms in total. The number of piperidine rings is 1. The van der Waals surface area contributed by atoms with Crippen LogP contribution in [0, 0.1) is 23.7 Å². The van der Waals surface area contributed by atoms with E-state index in [4.69, 9.17) is 4.74 Å². The fourth-order valence-electron chi connectivity index (χ4n) is 8.60. The molecule has 1 saturated heterocycles. The molecule has 1 saturated carbocycles. The predicted octanol–water partition coefficient (Wildman–Crippen LogP) is 5.36. The number of rotatable bonds is 6. The second-order valence-corrected chi connectivity index (χ2v) is 13.0. The normalized spacial score (nSPS) is 27.8. The van der Waals surface area contributed by atoms with Crippen LogP contribution in [0.5, 0.6) is 5.75 Å². The molecule has 2 bridgehead atoms. The van der Waals surface area contributed by atoms with Crippen LogP contribution in [-0.4, -0.2) is 58.6 Å². The minimum absolute atomic E-state index is 0.0262. The molecule has 1 spiro atoms. The van der Waals surface area contributed by atoms with Crippen LogP contribution in [0.25, 0.3) is 0 Å². The Morgan fingerprint density at radius 2 is 1.81 bits per heavy atom. The molecule has 1 N–H and O–H groups in total. The van der Waals surface area contributed by atoms with Crippen LogP contribution in [0.3, 0.4) is 0 Å². The van der Waals surface area contributed by atoms with E-state index >= 15 is 0 Å². The molecule has 2 fully saturated rings. The van der Waals surface area contributed by atoms with E-state index in [-0.39, 0.29) is 23.5 Å². The Kier molecular flexibility index (Phi) is 7.08. The Bertz CT molecular complexity index is 1510. The summed E-state index contributed by atoms with van der Waals surface area (Å²) in [4.78, 5) is 18.4. The predicted molar refractivity (Wildman–Crippen MR) is 164 cm³/mol. The lowest BCUT2D eigenvalue weighted by Crippen LogP contribution is -2.69. The van der Waals surface area contributed by atoms with Crippen LogP contribution in [-0.2, 0) is 16.6 Å². The topological polar surface area (TPSA) is 53.0 Å². The summed E-state index contributed by atoms with van der Waals surface area (Å²) in [5.74, 6) is 7.75. The highest BCUT2D eigenvalue weighted by Gasteiger charge is 2.66. The van der Waals surface area contributed by atoms with Gasteiger partial charge in [-0.25, -0.2) is 0 Å². The minimum atomic E-state index is -0.512. The van der Waals surface area contributed by atoms with Crippen LogP contribution in [0.2, 0.25) is 0 Å². The summed E-state index contributed by atoms with van der Waals surface area (Å²) in [6.07, 6.45) is 3.29. The van der Waals surface area contributed by atoms with Crippen molar-refractivity contribution in [3.05, 3.63) is 101 Å². The molecule has 2 heterocycles. The largest absolute Gasteiger partial charge is 0.487 e. The summed E-state index contributed by atoms with van der Waals surface area (Å²) in [5.41, 5.74) is 4.49. The zero-order valence-electron chi connectivity index (χ0n) is 24.6. The third kappa shape index (κ3) is 4.53. The van der Waals surface area contributed by atoms with Crippen LogP contribution in [0.1, 0.15) is 61.5 Å². The van der Waals surface area contributed by atoms with E-state index in [9.17, 15) is 9.90 Å². The number of likely N-dealkylation sites (tertiary alicyclic amines) is 1. The third-order valence-corrected chi connectivity index (χ3v) is 10.2. The van der Waals surface area contributed by atoms with Crippen LogP contribution < -0.4 is 4.74 Å². The molecule has 1 amide bonds. The average Bonchev–Trinajstić information content (AvgIpc) is 3.35. The summed E-state index contributed by atoms with van der Waals surface area (Å²) in [6.45, 7) is 6.56. The van der Waals surface area contributed by atoms with Gasteiger partial charge in [0.15, 0.2) is 0 Å². The van der Waals surface area contributed by atoms with Crippen molar-refractivity contribution in [2.75, 3.05) is 19.6 Å². The lowest BCUT2D eigenvalue weighted by molar-refractivity contribution is -0.138. The molecule has 3 aromatic rings. The molecule has 4 aliphatic rings. The first-order valence-corrected chi connectivity index (χ1v) is 15.6. The second-order valence-electron chi connectivity index (χ2n) is 13.0. The molecule has 0 radical (unpaired) electrons. The number of hydrogen-bond acceptors (Lipinski definition) is 4. The van der Waals surface area contributed by atoms with Crippen molar-refractivity contribution in [2.24, 2.45) is 11.8 Å². The van der Waals surface area contributed by atoms with Crippen molar-refractivity contribution < 1.29 is 14.6 Å². The minimum Gasteiger partial charge on any atom is -0.487 e. The van der Waals surface area contributed by atoms with Crippen LogP contribution in [0.4, 0.5) is 0 Å². The Morgan fingerprint density at radius 1 is 1.05 bits per heavy atom. The SMILES string of the molecule is CC(C)CN(C(=O)C#Cc1ccccc1)[C@H]1CC[C@H]2[C@H]3Cc4cccc5c4[C@@]2(CCN3CC(O)c2ccccc2)[C@H]1O5. The Morgan fingerprint density at radius 3 is 2.57 bits per heavy atom. The maximum atomic E-state index is 13.8. The Hall–Kier alpha value is -3.59. The first-order valence-electron chi connectivity index (χ1n) is 15.6. The number of nitrogens with zero attached hydrogens (tertiary/aromatic N) is 2. The number of hydrogen-bond donors (Lipinski definition) is 1. The maximum Gasteiger partial charge on any atom is 0.299 e. The average molecular weight is 561 g/mol. The van der Waals surface area contributed by atoms with Crippen molar-refractivity contribution in [1.29, 1.82) is 0 Å². The van der Waals surface area contributed by atoms with Gasteiger partial charge in [-0.05, 0) is 73.4 Å². The van der Waals surface area contributed by atoms with Gasteiger partial charge in [0.2, 0.25) is 0 Å². The van der Waals surface area contributed by atoms with Crippen molar-refractivity contribution >= 4 is 5.91 Å². The van der Waals surface area contributed by atoms with Gasteiger partial charge in [-0.1, -0.05) is 80.4 Å². The standard InChI is InChI=1S/C37H40N2O3/c1-25(2)23-39(34(41)19-16-26-10-5-3-6-11-26)30-18-17-29-31-22-28-14-9-15-33-35(28)37(29,36(30)42-33)20-21-38(31)24-32(40)27-12-7-4-8-13-27/h3-15,25,29-32,36,40H,17-18,20-24H2,1-2H3/t29-,30-,31+,32?,36-,37-/m0/s1. The van der Waals surface area contributed by atoms with Crippen molar-refractivity contribution in [2.45, 2.75) is 69.2 Å². The van der Waals surface area contributed by atoms with E-state index in [1.165, 1.54) is 11.1 Å². The first kappa shape index (κ1) is 27.3. The van der Waals surface area contributed by atoms with E-state index in [2.05, 4.69) is 48.8 Å². The molecule has 7 rings (SSSR count). The maximum absolute atomic E-state index is 13.8. The van der Waals surface area contributed by atoms with Gasteiger partial charge >= 0.3 is 0 Å². The summed E-state index contributed by atoms with van der Waals surface area (Å²) in [5, 5.41) is 11.2. The summed E-state index contributed by atoms with van der Waals surface area (Å²) in [6, 6.07) is 26.6. The van der Waals surface area contributed by atoms with Gasteiger partial charge in [0, 0.05) is 41.6 Å². The number of aliphatic hydroxyl groups is 1. The van der Waals surface area contributed by atoms with E-state index < -0.39 is 6.10 Å². The highest BCUT2D eigenvalue weighted by molar-refractivity contribution is 5.94. The Labute approximate surface area is 249 Å². The van der Waals surface area contributed by atoms with Gasteiger partial charge in [-0.2, -0.15) is 0 Å². The van der Waals surface area contributed by atoms with Crippen LogP contribution in [0.15, 0.2) is 78.9 Å². The zero-order chi connectivity index (χ0) is 28.8. The van der Waals surface area contributed by atoms with Crippen molar-refractivity contribution in [3.8, 4) is 17.6 Å². The molecule has 5 heteroatoms. The monoisotopic (exact) mass is 560 g/mol. The van der Waals surface area contributed by atoms with Gasteiger partial charge in [0.05, 0.1) is 12.1 Å². The molecule has 2 aliphatic heterocycles. The number of amides is 1. The van der Waals surface area contributed by atoms with Gasteiger partial charge in [-0.15, -0.1) is 0 Å². The molecule has 42 heavy (non-hydrogen) atoms. The van der Waals surface area contributed by atoms with Gasteiger partial charge in [0.1, 0.15) is 11.9 Å². The highest BCUT2D eigenvalue weighted by Crippen LogP contribution is 2.62. The highest BCUT2D eigenvalue weighted by atomic mass is 16.5. The number of β-amino-alcohol motifs (C(OH)–C–C–N with tert-alkyl or cyclic N) is 1. The number of aliphatic hydroxyl groups excluding tert-OH is 1. The summed E-state index contributed by atoms with van der Waals surface area (Å²) >= 11 is 0. The number of ether oxygens (including phenoxy) is 1. The Balaban J connectivity index is 1.22. The second kappa shape index (κ2) is 10.9. The number of carbonyl (C=O) groups is 1. The summed E-state index contributed by atoms with van der Waals surface area (Å²) < 4.78 is 6.94. The lowest BCUT2D eigenvalue weighted by Gasteiger charge is -2.60. The number of carbonyl (C=O) groups excluding carboxylic acids is 1. The first-order chi connectivity index (χ1) is 20.5. The lowest BCUT2D eigenvalue weighted by atomic mass is 9.51. The molecule has 6 atom stereocenters. The molecule has 2 aliphatic carbocycles. The molecular formula is C37H40N2O3. The molecule has 3 aromatic carbocycles. The van der Waals surface area contributed by atoms with E-state index in [1.807, 2.05) is 65.6 Å². The fraction of sp³-hybridized carbons (Fsp3) is 0.432. The smallest absolute Gasteiger partial charge is 0.299 e. The van der Waals surface area contributed by atoms with Crippen molar-refractivity contribution in [3.63, 3.8) is 0 Å². The van der Waals surface area contributed by atoms with Gasteiger partial charge in [0.25, 0.3) is 5.91 Å². The van der Waals surface area contributed by atoms with Crippen LogP contribution >= 0.6 is 0 Å². The van der Waals surface area contributed by atoms with E-state index in [0.29, 0.717) is 31.0 Å². The third-order valence-electron chi connectivity index (χ3n) is 10.2. The summed E-state index contributed by atoms with van der Waals surface area (Å²) in [7, 11) is 0. The molecular weight excluding hydrogens is 520 g/mol. The van der Waals surface area contributed by atoms with E-state index in [0.717, 1.165) is 49.1 Å². The van der Waals surface area contributed by atoms with Gasteiger partial charge < -0.3 is 14.7 Å². The zero-order valence-corrected chi connectivity index (χ0v) is 24.6. The van der Waals surface area contributed by atoms with E-state index in [1.54, 1.807) is 0 Å². The number of benzene rings is 3. The molecule has 1 unspecified atom stereocenters.